The zero-order valence-corrected chi connectivity index (χ0v) is 20.6. The van der Waals surface area contributed by atoms with Crippen LogP contribution in [0.5, 0.6) is 5.75 Å². The molecule has 6 heteroatoms. The lowest BCUT2D eigenvalue weighted by Crippen LogP contribution is -2.20. The largest absolute Gasteiger partial charge is 0.506 e. The molecule has 35 heavy (non-hydrogen) atoms. The van der Waals surface area contributed by atoms with Crippen molar-refractivity contribution in [1.82, 2.24) is 4.98 Å². The van der Waals surface area contributed by atoms with E-state index >= 15 is 0 Å². The van der Waals surface area contributed by atoms with Crippen molar-refractivity contribution in [2.24, 2.45) is 0 Å². The Bertz CT molecular complexity index is 1550. The zero-order chi connectivity index (χ0) is 25.4. The second kappa shape index (κ2) is 9.22. The molecule has 4 aromatic rings. The molecule has 0 saturated carbocycles. The average molecular weight is 470 g/mol. The van der Waals surface area contributed by atoms with Gasteiger partial charge in [0.25, 0.3) is 0 Å². The summed E-state index contributed by atoms with van der Waals surface area (Å²) in [6.07, 6.45) is 0. The lowest BCUT2D eigenvalue weighted by Gasteiger charge is -2.15. The molecule has 4 rings (SSSR count). The highest BCUT2D eigenvalue weighted by Crippen LogP contribution is 2.30. The van der Waals surface area contributed by atoms with E-state index in [2.05, 4.69) is 4.98 Å². The van der Waals surface area contributed by atoms with Crippen molar-refractivity contribution in [2.75, 3.05) is 0 Å². The van der Waals surface area contributed by atoms with Gasteiger partial charge in [-0.1, -0.05) is 35.9 Å². The molecule has 0 fully saturated rings. The smallest absolute Gasteiger partial charge is 0.363 e. The molecule has 1 heterocycles. The van der Waals surface area contributed by atoms with Gasteiger partial charge in [0, 0.05) is 5.56 Å². The van der Waals surface area contributed by atoms with Crippen LogP contribution in [-0.2, 0) is 4.79 Å². The predicted octanol–water partition coefficient (Wildman–Crippen LogP) is 6.07. The van der Waals surface area contributed by atoms with Gasteiger partial charge < -0.3 is 14.3 Å². The molecule has 0 saturated heterocycles. The number of hydrogen-bond donors (Lipinski definition) is 1. The van der Waals surface area contributed by atoms with Crippen LogP contribution < -0.4 is 10.4 Å². The zero-order valence-electron chi connectivity index (χ0n) is 20.6. The Balaban J connectivity index is 1.95. The fourth-order valence-electron chi connectivity index (χ4n) is 4.08. The number of nitrogens with zero attached hydrogens (tertiary/aromatic N) is 1. The van der Waals surface area contributed by atoms with Crippen molar-refractivity contribution in [2.45, 2.75) is 41.5 Å². The minimum Gasteiger partial charge on any atom is -0.506 e. The molecule has 0 radical (unpaired) electrons. The van der Waals surface area contributed by atoms with Crippen molar-refractivity contribution >= 4 is 28.4 Å². The van der Waals surface area contributed by atoms with Gasteiger partial charge in [-0.2, -0.15) is 0 Å². The summed E-state index contributed by atoms with van der Waals surface area (Å²) in [6, 6.07) is 14.2. The molecule has 0 aliphatic heterocycles. The van der Waals surface area contributed by atoms with Crippen molar-refractivity contribution in [3.63, 3.8) is 0 Å². The van der Waals surface area contributed by atoms with Gasteiger partial charge in [0.2, 0.25) is 0 Å². The molecule has 1 aromatic heterocycles. The summed E-state index contributed by atoms with van der Waals surface area (Å²) < 4.78 is 11.2. The minimum absolute atomic E-state index is 0.285. The van der Waals surface area contributed by atoms with Gasteiger partial charge in [-0.15, -0.1) is 0 Å². The molecule has 0 amide bonds. The van der Waals surface area contributed by atoms with Crippen LogP contribution in [0, 0.1) is 41.5 Å². The molecule has 0 bridgehead atoms. The van der Waals surface area contributed by atoms with Crippen molar-refractivity contribution in [3.8, 4) is 5.75 Å². The van der Waals surface area contributed by atoms with Gasteiger partial charge in [-0.05, 0) is 87.6 Å². The highest BCUT2D eigenvalue weighted by Gasteiger charge is 2.28. The standard InChI is InChI=1S/C29H27NO5/c1-15-7-10-23-22(13-15)30-25(29(33)34-23)24(26(31)21-9-8-17(3)18(4)14-21)28(32)35-27-19(5)11-16(2)12-20(27)6/h7-14,31H,1-6H3. The molecule has 178 valence electrons. The maximum atomic E-state index is 13.6. The number of ether oxygens (including phenoxy) is 1. The number of esters is 1. The minimum atomic E-state index is -0.900. The van der Waals surface area contributed by atoms with E-state index in [9.17, 15) is 14.7 Å². The Kier molecular flexibility index (Phi) is 6.31. The first-order valence-corrected chi connectivity index (χ1v) is 11.3. The maximum absolute atomic E-state index is 13.6. The number of aromatic nitrogens is 1. The van der Waals surface area contributed by atoms with E-state index in [-0.39, 0.29) is 16.9 Å². The Labute approximate surface area is 203 Å². The molecule has 0 atom stereocenters. The Hall–Kier alpha value is -4.19. The summed E-state index contributed by atoms with van der Waals surface area (Å²) in [5.74, 6) is -0.943. The molecule has 1 N–H and O–H groups in total. The second-order valence-corrected chi connectivity index (χ2v) is 8.96. The second-order valence-electron chi connectivity index (χ2n) is 8.96. The van der Waals surface area contributed by atoms with Crippen LogP contribution in [0.3, 0.4) is 0 Å². The van der Waals surface area contributed by atoms with Gasteiger partial charge >= 0.3 is 11.6 Å². The summed E-state index contributed by atoms with van der Waals surface area (Å²) in [5, 5.41) is 11.3. The summed E-state index contributed by atoms with van der Waals surface area (Å²) in [6.45, 7) is 11.3. The van der Waals surface area contributed by atoms with Gasteiger partial charge in [-0.25, -0.2) is 14.6 Å². The molecular formula is C29H27NO5. The van der Waals surface area contributed by atoms with Gasteiger partial charge in [-0.3, -0.25) is 0 Å². The first kappa shape index (κ1) is 24.0. The highest BCUT2D eigenvalue weighted by molar-refractivity contribution is 6.23. The van der Waals surface area contributed by atoms with E-state index in [4.69, 9.17) is 9.15 Å². The van der Waals surface area contributed by atoms with Crippen molar-refractivity contribution in [1.29, 1.82) is 0 Å². The third-order valence-corrected chi connectivity index (χ3v) is 6.00. The van der Waals surface area contributed by atoms with Crippen LogP contribution in [0.25, 0.3) is 22.4 Å². The van der Waals surface area contributed by atoms with E-state index < -0.39 is 17.4 Å². The molecule has 6 nitrogen and oxygen atoms in total. The predicted molar refractivity (Wildman–Crippen MR) is 137 cm³/mol. The summed E-state index contributed by atoms with van der Waals surface area (Å²) >= 11 is 0. The van der Waals surface area contributed by atoms with E-state index in [0.717, 1.165) is 33.4 Å². The normalized spacial score (nSPS) is 11.9. The molecular weight excluding hydrogens is 442 g/mol. The quantitative estimate of drug-likeness (QED) is 0.169. The monoisotopic (exact) mass is 469 g/mol. The third-order valence-electron chi connectivity index (χ3n) is 6.00. The highest BCUT2D eigenvalue weighted by atomic mass is 16.5. The molecule has 0 unspecified atom stereocenters. The molecule has 3 aromatic carbocycles. The summed E-state index contributed by atoms with van der Waals surface area (Å²) in [7, 11) is 0. The number of benzene rings is 3. The fraction of sp³-hybridized carbons (Fsp3) is 0.207. The average Bonchev–Trinajstić information content (AvgIpc) is 2.78. The van der Waals surface area contributed by atoms with Crippen LogP contribution >= 0.6 is 0 Å². The third kappa shape index (κ3) is 4.73. The van der Waals surface area contributed by atoms with Crippen LogP contribution in [0.2, 0.25) is 0 Å². The number of fused-ring (bicyclic) bond motifs is 1. The first-order valence-electron chi connectivity index (χ1n) is 11.3. The SMILES string of the molecule is Cc1cc(C)c(OC(=O)C(=C(O)c2ccc(C)c(C)c2)c2nc3cc(C)ccc3oc2=O)c(C)c1. The first-order chi connectivity index (χ1) is 16.5. The number of rotatable bonds is 4. The lowest BCUT2D eigenvalue weighted by atomic mass is 10.0. The summed E-state index contributed by atoms with van der Waals surface area (Å²) in [5.41, 5.74) is 4.91. The topological polar surface area (TPSA) is 89.6 Å². The van der Waals surface area contributed by atoms with Crippen molar-refractivity contribution < 1.29 is 19.1 Å². The number of aliphatic hydroxyl groups excluding tert-OH is 1. The van der Waals surface area contributed by atoms with Crippen LogP contribution in [0.4, 0.5) is 0 Å². The van der Waals surface area contributed by atoms with E-state index in [1.807, 2.05) is 59.7 Å². The van der Waals surface area contributed by atoms with E-state index in [1.54, 1.807) is 30.3 Å². The lowest BCUT2D eigenvalue weighted by molar-refractivity contribution is -0.128. The number of carbonyl (C=O) groups excluding carboxylic acids is 1. The number of aliphatic hydroxyl groups is 1. The Morgan fingerprint density at radius 3 is 2.17 bits per heavy atom. The molecule has 0 aliphatic rings. The van der Waals surface area contributed by atoms with E-state index in [0.29, 0.717) is 16.8 Å². The van der Waals surface area contributed by atoms with Gasteiger partial charge in [0.15, 0.2) is 11.3 Å². The van der Waals surface area contributed by atoms with Crippen molar-refractivity contribution in [3.05, 3.63) is 104 Å². The molecule has 0 spiro atoms. The van der Waals surface area contributed by atoms with Crippen LogP contribution in [0.15, 0.2) is 57.7 Å². The number of carbonyl (C=O) groups is 1. The maximum Gasteiger partial charge on any atom is 0.363 e. The molecule has 0 aliphatic carbocycles. The summed E-state index contributed by atoms with van der Waals surface area (Å²) in [4.78, 5) is 31.0. The van der Waals surface area contributed by atoms with Crippen LogP contribution in [0.1, 0.15) is 44.6 Å². The Morgan fingerprint density at radius 1 is 0.829 bits per heavy atom. The number of aryl methyl sites for hydroxylation is 6. The number of hydrogen-bond acceptors (Lipinski definition) is 6. The van der Waals surface area contributed by atoms with Gasteiger partial charge in [0.1, 0.15) is 22.6 Å². The van der Waals surface area contributed by atoms with E-state index in [1.165, 1.54) is 0 Å². The fourth-order valence-corrected chi connectivity index (χ4v) is 4.08. The van der Waals surface area contributed by atoms with Crippen LogP contribution in [-0.4, -0.2) is 16.1 Å². The Morgan fingerprint density at radius 2 is 1.51 bits per heavy atom. The van der Waals surface area contributed by atoms with Gasteiger partial charge in [0.05, 0.1) is 0 Å².